The van der Waals surface area contributed by atoms with Gasteiger partial charge in [0, 0.05) is 23.6 Å². The molecule has 0 unspecified atom stereocenters. The zero-order valence-electron chi connectivity index (χ0n) is 16.3. The lowest BCUT2D eigenvalue weighted by Crippen LogP contribution is -2.17. The van der Waals surface area contributed by atoms with E-state index in [0.717, 1.165) is 40.2 Å². The molecule has 0 bridgehead atoms. The third kappa shape index (κ3) is 3.89. The third-order valence-corrected chi connectivity index (χ3v) is 4.77. The molecule has 2 aromatic heterocycles. The van der Waals surface area contributed by atoms with Crippen molar-refractivity contribution in [1.82, 2.24) is 15.0 Å². The first-order chi connectivity index (χ1) is 13.6. The summed E-state index contributed by atoms with van der Waals surface area (Å²) in [6.07, 6.45) is 1.67. The maximum atomic E-state index is 5.30. The van der Waals surface area contributed by atoms with Crippen molar-refractivity contribution in [1.29, 1.82) is 0 Å². The van der Waals surface area contributed by atoms with Crippen molar-refractivity contribution >= 4 is 10.9 Å². The summed E-state index contributed by atoms with van der Waals surface area (Å²) in [4.78, 5) is 7.21. The largest absolute Gasteiger partial charge is 0.497 e. The second kappa shape index (κ2) is 7.82. The van der Waals surface area contributed by atoms with E-state index in [1.165, 1.54) is 11.1 Å². The van der Waals surface area contributed by atoms with Crippen LogP contribution in [0.2, 0.25) is 0 Å². The Hall–Kier alpha value is -3.18. The van der Waals surface area contributed by atoms with E-state index >= 15 is 0 Å². The van der Waals surface area contributed by atoms with E-state index < -0.39 is 0 Å². The summed E-state index contributed by atoms with van der Waals surface area (Å²) in [5.74, 6) is 1.68. The molecule has 0 spiro atoms. The van der Waals surface area contributed by atoms with Crippen molar-refractivity contribution in [3.8, 4) is 17.0 Å². The van der Waals surface area contributed by atoms with Crippen LogP contribution in [0, 0.1) is 6.92 Å². The van der Waals surface area contributed by atoms with Gasteiger partial charge in [-0.3, -0.25) is 4.90 Å². The standard InChI is InChI=1S/C23H23N3O2/c1-16-4-5-18-13-19(14-26(2)15-21-10-11-24-28-21)23(25-22(18)12-16)17-6-8-20(27-3)9-7-17/h4-13H,14-15H2,1-3H3. The first kappa shape index (κ1) is 18.2. The van der Waals surface area contributed by atoms with Gasteiger partial charge in [0.1, 0.15) is 5.75 Å². The lowest BCUT2D eigenvalue weighted by atomic mass is 10.0. The molecule has 0 saturated carbocycles. The highest BCUT2D eigenvalue weighted by Gasteiger charge is 2.13. The highest BCUT2D eigenvalue weighted by molar-refractivity contribution is 5.84. The van der Waals surface area contributed by atoms with Crippen LogP contribution in [0.4, 0.5) is 0 Å². The number of rotatable bonds is 6. The van der Waals surface area contributed by atoms with Gasteiger partial charge in [0.25, 0.3) is 0 Å². The molecule has 0 amide bonds. The second-order valence-corrected chi connectivity index (χ2v) is 7.07. The maximum absolute atomic E-state index is 5.30. The van der Waals surface area contributed by atoms with Gasteiger partial charge in [-0.05, 0) is 61.5 Å². The number of hydrogen-bond acceptors (Lipinski definition) is 5. The predicted octanol–water partition coefficient (Wildman–Crippen LogP) is 4.84. The topological polar surface area (TPSA) is 51.4 Å². The van der Waals surface area contributed by atoms with Crippen molar-refractivity contribution in [3.05, 3.63) is 77.7 Å². The Bertz CT molecular complexity index is 1070. The Morgan fingerprint density at radius 3 is 2.54 bits per heavy atom. The zero-order valence-corrected chi connectivity index (χ0v) is 16.3. The van der Waals surface area contributed by atoms with Gasteiger partial charge in [-0.2, -0.15) is 0 Å². The molecule has 0 radical (unpaired) electrons. The summed E-state index contributed by atoms with van der Waals surface area (Å²) in [7, 11) is 3.75. The van der Waals surface area contributed by atoms with E-state index in [0.29, 0.717) is 6.54 Å². The van der Waals surface area contributed by atoms with Crippen LogP contribution in [0.3, 0.4) is 0 Å². The number of nitrogens with zero attached hydrogens (tertiary/aromatic N) is 3. The number of aryl methyl sites for hydroxylation is 1. The number of fused-ring (bicyclic) bond motifs is 1. The summed E-state index contributed by atoms with van der Waals surface area (Å²) >= 11 is 0. The van der Waals surface area contributed by atoms with Crippen LogP contribution in [0.5, 0.6) is 5.75 Å². The van der Waals surface area contributed by atoms with Crippen molar-refractivity contribution in [3.63, 3.8) is 0 Å². The number of aromatic nitrogens is 2. The van der Waals surface area contributed by atoms with Gasteiger partial charge in [-0.15, -0.1) is 0 Å². The van der Waals surface area contributed by atoms with E-state index in [9.17, 15) is 0 Å². The predicted molar refractivity (Wildman–Crippen MR) is 110 cm³/mol. The van der Waals surface area contributed by atoms with Gasteiger partial charge in [0.2, 0.25) is 0 Å². The molecule has 28 heavy (non-hydrogen) atoms. The summed E-state index contributed by atoms with van der Waals surface area (Å²) in [6.45, 7) is 3.53. The molecule has 0 fully saturated rings. The van der Waals surface area contributed by atoms with Crippen LogP contribution in [0.15, 0.2) is 65.3 Å². The van der Waals surface area contributed by atoms with Crippen molar-refractivity contribution < 1.29 is 9.26 Å². The van der Waals surface area contributed by atoms with E-state index in [2.05, 4.69) is 60.4 Å². The normalized spacial score (nSPS) is 11.3. The number of benzene rings is 2. The summed E-state index contributed by atoms with van der Waals surface area (Å²) < 4.78 is 10.5. The first-order valence-electron chi connectivity index (χ1n) is 9.25. The molecule has 0 aliphatic carbocycles. The number of methoxy groups -OCH3 is 1. The summed E-state index contributed by atoms with van der Waals surface area (Å²) in [6, 6.07) is 18.6. The molecule has 142 valence electrons. The summed E-state index contributed by atoms with van der Waals surface area (Å²) in [5, 5.41) is 4.93. The number of hydrogen-bond donors (Lipinski definition) is 0. The Labute approximate surface area is 164 Å². The molecule has 4 aromatic rings. The van der Waals surface area contributed by atoms with Crippen LogP contribution < -0.4 is 4.74 Å². The van der Waals surface area contributed by atoms with E-state index in [1.54, 1.807) is 13.3 Å². The van der Waals surface area contributed by atoms with Gasteiger partial charge in [-0.1, -0.05) is 17.3 Å². The van der Waals surface area contributed by atoms with Gasteiger partial charge in [0.15, 0.2) is 5.76 Å². The van der Waals surface area contributed by atoms with Gasteiger partial charge in [0.05, 0.1) is 31.1 Å². The third-order valence-electron chi connectivity index (χ3n) is 4.77. The van der Waals surface area contributed by atoms with E-state index in [-0.39, 0.29) is 0 Å². The van der Waals surface area contributed by atoms with Gasteiger partial charge in [-0.25, -0.2) is 4.98 Å². The average Bonchev–Trinajstić information content (AvgIpc) is 3.20. The Balaban J connectivity index is 1.74. The fraction of sp³-hybridized carbons (Fsp3) is 0.217. The van der Waals surface area contributed by atoms with Gasteiger partial charge < -0.3 is 9.26 Å². The molecule has 5 heteroatoms. The Kier molecular flexibility index (Phi) is 5.08. The number of pyridine rings is 1. The van der Waals surface area contributed by atoms with E-state index in [1.807, 2.05) is 18.2 Å². The monoisotopic (exact) mass is 373 g/mol. The van der Waals surface area contributed by atoms with Gasteiger partial charge >= 0.3 is 0 Å². The van der Waals surface area contributed by atoms with Crippen LogP contribution in [-0.4, -0.2) is 29.2 Å². The van der Waals surface area contributed by atoms with Crippen LogP contribution in [0.25, 0.3) is 22.2 Å². The molecule has 0 saturated heterocycles. The van der Waals surface area contributed by atoms with Crippen molar-refractivity contribution in [2.45, 2.75) is 20.0 Å². The number of ether oxygens (including phenoxy) is 1. The Morgan fingerprint density at radius 2 is 1.82 bits per heavy atom. The first-order valence-corrected chi connectivity index (χ1v) is 9.25. The smallest absolute Gasteiger partial charge is 0.150 e. The van der Waals surface area contributed by atoms with Crippen molar-refractivity contribution in [2.24, 2.45) is 0 Å². The second-order valence-electron chi connectivity index (χ2n) is 7.07. The summed E-state index contributed by atoms with van der Waals surface area (Å²) in [5.41, 5.74) is 5.45. The fourth-order valence-electron chi connectivity index (χ4n) is 3.38. The van der Waals surface area contributed by atoms with E-state index in [4.69, 9.17) is 14.2 Å². The van der Waals surface area contributed by atoms with Crippen LogP contribution >= 0.6 is 0 Å². The molecular formula is C23H23N3O2. The molecule has 2 aromatic carbocycles. The van der Waals surface area contributed by atoms with Crippen molar-refractivity contribution in [2.75, 3.05) is 14.2 Å². The molecular weight excluding hydrogens is 350 g/mol. The fourth-order valence-corrected chi connectivity index (χ4v) is 3.38. The quantitative estimate of drug-likeness (QED) is 0.484. The molecule has 0 N–H and O–H groups in total. The highest BCUT2D eigenvalue weighted by Crippen LogP contribution is 2.29. The highest BCUT2D eigenvalue weighted by atomic mass is 16.5. The average molecular weight is 373 g/mol. The maximum Gasteiger partial charge on any atom is 0.150 e. The minimum Gasteiger partial charge on any atom is -0.497 e. The molecule has 5 nitrogen and oxygen atoms in total. The minimum absolute atomic E-state index is 0.688. The lowest BCUT2D eigenvalue weighted by Gasteiger charge is -2.18. The van der Waals surface area contributed by atoms with Crippen LogP contribution in [-0.2, 0) is 13.1 Å². The lowest BCUT2D eigenvalue weighted by molar-refractivity contribution is 0.267. The Morgan fingerprint density at radius 1 is 1.00 bits per heavy atom. The van der Waals surface area contributed by atoms with Crippen LogP contribution in [0.1, 0.15) is 16.9 Å². The minimum atomic E-state index is 0.688. The zero-order chi connectivity index (χ0) is 19.5. The SMILES string of the molecule is COc1ccc(-c2nc3cc(C)ccc3cc2CN(C)Cc2ccno2)cc1. The molecule has 0 aliphatic rings. The molecule has 0 aliphatic heterocycles. The molecule has 2 heterocycles. The molecule has 0 atom stereocenters. The molecule has 4 rings (SSSR count).